The summed E-state index contributed by atoms with van der Waals surface area (Å²) in [5.74, 6) is 0. The summed E-state index contributed by atoms with van der Waals surface area (Å²) in [6.45, 7) is 0.188. The fourth-order valence-corrected chi connectivity index (χ4v) is 4.74. The minimum atomic E-state index is -3.66. The molecule has 2 aromatic carbocycles. The third-order valence-corrected chi connectivity index (χ3v) is 6.76. The molecule has 4 nitrogen and oxygen atoms in total. The average Bonchev–Trinajstić information content (AvgIpc) is 3.28. The lowest BCUT2D eigenvalue weighted by molar-refractivity contribution is 0.581. The van der Waals surface area contributed by atoms with E-state index in [0.29, 0.717) is 5.02 Å². The van der Waals surface area contributed by atoms with Gasteiger partial charge in [0.15, 0.2) is 0 Å². The maximum absolute atomic E-state index is 12.8. The first-order valence-electron chi connectivity index (χ1n) is 8.84. The normalized spacial score (nSPS) is 11.5. The van der Waals surface area contributed by atoms with E-state index in [2.05, 4.69) is 9.71 Å². The quantitative estimate of drug-likeness (QED) is 0.424. The van der Waals surface area contributed by atoms with Crippen molar-refractivity contribution in [3.63, 3.8) is 0 Å². The van der Waals surface area contributed by atoms with Crippen LogP contribution >= 0.6 is 22.9 Å². The van der Waals surface area contributed by atoms with Gasteiger partial charge in [-0.05, 0) is 64.5 Å². The first-order chi connectivity index (χ1) is 14.0. The van der Waals surface area contributed by atoms with Gasteiger partial charge >= 0.3 is 0 Å². The monoisotopic (exact) mass is 440 g/mol. The van der Waals surface area contributed by atoms with E-state index < -0.39 is 10.0 Å². The summed E-state index contributed by atoms with van der Waals surface area (Å²) in [7, 11) is -3.66. The van der Waals surface area contributed by atoms with Crippen molar-refractivity contribution in [3.8, 4) is 22.4 Å². The van der Waals surface area contributed by atoms with Crippen LogP contribution < -0.4 is 4.72 Å². The van der Waals surface area contributed by atoms with Crippen LogP contribution in [0, 0.1) is 0 Å². The van der Waals surface area contributed by atoms with Crippen LogP contribution in [0.3, 0.4) is 0 Å². The van der Waals surface area contributed by atoms with Crippen LogP contribution in [-0.4, -0.2) is 13.4 Å². The fraction of sp³-hybridized carbons (Fsp3) is 0.0455. The van der Waals surface area contributed by atoms with Crippen LogP contribution in [0.5, 0.6) is 0 Å². The highest BCUT2D eigenvalue weighted by atomic mass is 35.5. The number of rotatable bonds is 6. The second kappa shape index (κ2) is 8.47. The van der Waals surface area contributed by atoms with Crippen molar-refractivity contribution in [2.24, 2.45) is 0 Å². The van der Waals surface area contributed by atoms with Crippen LogP contribution in [-0.2, 0) is 16.6 Å². The largest absolute Gasteiger partial charge is 0.256 e. The number of benzene rings is 2. The zero-order valence-electron chi connectivity index (χ0n) is 15.2. The molecule has 0 bridgehead atoms. The molecule has 4 rings (SSSR count). The summed E-state index contributed by atoms with van der Waals surface area (Å²) in [5, 5.41) is 4.64. The van der Waals surface area contributed by atoms with Crippen LogP contribution in [0.4, 0.5) is 0 Å². The van der Waals surface area contributed by atoms with Gasteiger partial charge in [-0.25, -0.2) is 13.1 Å². The number of pyridine rings is 1. The van der Waals surface area contributed by atoms with Crippen molar-refractivity contribution in [2.75, 3.05) is 0 Å². The van der Waals surface area contributed by atoms with E-state index in [1.54, 1.807) is 47.9 Å². The van der Waals surface area contributed by atoms with Crippen molar-refractivity contribution < 1.29 is 8.42 Å². The molecule has 0 aliphatic heterocycles. The molecule has 0 saturated carbocycles. The Morgan fingerprint density at radius 3 is 2.52 bits per heavy atom. The van der Waals surface area contributed by atoms with Crippen LogP contribution in [0.15, 0.2) is 88.6 Å². The molecule has 4 aromatic rings. The zero-order valence-corrected chi connectivity index (χ0v) is 17.6. The summed E-state index contributed by atoms with van der Waals surface area (Å²) in [5.41, 5.74) is 4.41. The Balaban J connectivity index is 1.53. The molecule has 0 amide bonds. The van der Waals surface area contributed by atoms with Gasteiger partial charge in [0.05, 0.1) is 10.6 Å². The number of halogens is 1. The molecular weight excluding hydrogens is 424 g/mol. The Kier molecular flexibility index (Phi) is 5.78. The smallest absolute Gasteiger partial charge is 0.240 e. The summed E-state index contributed by atoms with van der Waals surface area (Å²) >= 11 is 7.53. The number of hydrogen-bond donors (Lipinski definition) is 1. The van der Waals surface area contributed by atoms with Gasteiger partial charge in [-0.15, -0.1) is 0 Å². The second-order valence-corrected chi connectivity index (χ2v) is 9.40. The highest BCUT2D eigenvalue weighted by molar-refractivity contribution is 7.89. The zero-order chi connectivity index (χ0) is 20.3. The molecular formula is C22H17ClN2O2S2. The highest BCUT2D eigenvalue weighted by Gasteiger charge is 2.15. The number of thiophene rings is 1. The maximum Gasteiger partial charge on any atom is 0.240 e. The molecule has 2 heterocycles. The van der Waals surface area contributed by atoms with Crippen LogP contribution in [0.2, 0.25) is 5.02 Å². The van der Waals surface area contributed by atoms with E-state index in [4.69, 9.17) is 11.6 Å². The van der Waals surface area contributed by atoms with E-state index in [-0.39, 0.29) is 11.4 Å². The van der Waals surface area contributed by atoms with Gasteiger partial charge in [-0.2, -0.15) is 11.3 Å². The van der Waals surface area contributed by atoms with Crippen molar-refractivity contribution in [1.82, 2.24) is 9.71 Å². The van der Waals surface area contributed by atoms with Gasteiger partial charge in [-0.3, -0.25) is 4.98 Å². The first kappa shape index (κ1) is 19.8. The molecule has 0 atom stereocenters. The Morgan fingerprint density at radius 1 is 0.931 bits per heavy atom. The van der Waals surface area contributed by atoms with E-state index in [0.717, 1.165) is 27.9 Å². The molecule has 0 radical (unpaired) electrons. The molecule has 0 unspecified atom stereocenters. The topological polar surface area (TPSA) is 59.1 Å². The number of hydrogen-bond acceptors (Lipinski definition) is 4. The average molecular weight is 441 g/mol. The molecule has 0 saturated heterocycles. The molecule has 0 fully saturated rings. The number of nitrogens with zero attached hydrogens (tertiary/aromatic N) is 1. The van der Waals surface area contributed by atoms with Crippen molar-refractivity contribution in [3.05, 3.63) is 94.3 Å². The Morgan fingerprint density at radius 2 is 1.76 bits per heavy atom. The number of aromatic nitrogens is 1. The molecule has 7 heteroatoms. The van der Waals surface area contributed by atoms with E-state index in [9.17, 15) is 8.42 Å². The number of sulfonamides is 1. The van der Waals surface area contributed by atoms with Crippen molar-refractivity contribution in [2.45, 2.75) is 11.4 Å². The highest BCUT2D eigenvalue weighted by Crippen LogP contribution is 2.24. The Bertz CT molecular complexity index is 1220. The lowest BCUT2D eigenvalue weighted by Crippen LogP contribution is -2.23. The van der Waals surface area contributed by atoms with Crippen molar-refractivity contribution in [1.29, 1.82) is 0 Å². The third kappa shape index (κ3) is 4.74. The molecule has 146 valence electrons. The van der Waals surface area contributed by atoms with Gasteiger partial charge in [0.1, 0.15) is 0 Å². The minimum absolute atomic E-state index is 0.188. The standard InChI is InChI=1S/C22H17ClN2O2S2/c23-20-6-4-17(5-7-20)18-2-1-3-21(13-18)29(26,27)25-14-16-8-10-24-22(12-16)19-9-11-28-15-19/h1-13,15,25H,14H2. The lowest BCUT2D eigenvalue weighted by Gasteiger charge is -2.09. The maximum atomic E-state index is 12.8. The summed E-state index contributed by atoms with van der Waals surface area (Å²) in [6.07, 6.45) is 1.69. The van der Waals surface area contributed by atoms with Gasteiger partial charge in [0.25, 0.3) is 0 Å². The van der Waals surface area contributed by atoms with E-state index in [1.807, 2.05) is 47.2 Å². The number of nitrogens with one attached hydrogen (secondary N) is 1. The third-order valence-electron chi connectivity index (χ3n) is 4.43. The van der Waals surface area contributed by atoms with Crippen LogP contribution in [0.1, 0.15) is 5.56 Å². The summed E-state index contributed by atoms with van der Waals surface area (Å²) in [6, 6.07) is 19.9. The van der Waals surface area contributed by atoms with Gasteiger partial charge in [0.2, 0.25) is 10.0 Å². The lowest BCUT2D eigenvalue weighted by atomic mass is 10.1. The predicted octanol–water partition coefficient (Wildman–Crippen LogP) is 5.61. The molecule has 0 spiro atoms. The summed E-state index contributed by atoms with van der Waals surface area (Å²) < 4.78 is 28.3. The Hall–Kier alpha value is -2.51. The molecule has 29 heavy (non-hydrogen) atoms. The fourth-order valence-electron chi connectivity index (χ4n) is 2.90. The van der Waals surface area contributed by atoms with Crippen LogP contribution in [0.25, 0.3) is 22.4 Å². The molecule has 0 aliphatic carbocycles. The predicted molar refractivity (Wildman–Crippen MR) is 118 cm³/mol. The van der Waals surface area contributed by atoms with Gasteiger partial charge in [0, 0.05) is 28.7 Å². The molecule has 0 aliphatic rings. The van der Waals surface area contributed by atoms with Gasteiger partial charge < -0.3 is 0 Å². The SMILES string of the molecule is O=S(=O)(NCc1ccnc(-c2ccsc2)c1)c1cccc(-c2ccc(Cl)cc2)c1. The minimum Gasteiger partial charge on any atom is -0.256 e. The molecule has 1 N–H and O–H groups in total. The van der Waals surface area contributed by atoms with E-state index in [1.165, 1.54) is 0 Å². The first-order valence-corrected chi connectivity index (χ1v) is 11.6. The molecule has 2 aromatic heterocycles. The van der Waals surface area contributed by atoms with Crippen molar-refractivity contribution >= 4 is 33.0 Å². The Labute approximate surface area is 178 Å². The van der Waals surface area contributed by atoms with E-state index >= 15 is 0 Å². The second-order valence-electron chi connectivity index (χ2n) is 6.42. The summed E-state index contributed by atoms with van der Waals surface area (Å²) in [4.78, 5) is 4.58. The van der Waals surface area contributed by atoms with Gasteiger partial charge in [-0.1, -0.05) is 35.9 Å².